The Kier molecular flexibility index (Phi) is 45.8. The number of carbonyl (C=O) groups is 14. The van der Waals surface area contributed by atoms with Crippen molar-refractivity contribution in [2.24, 2.45) is 4.99 Å². The Morgan fingerprint density at radius 1 is 0.440 bits per heavy atom. The predicted octanol–water partition coefficient (Wildman–Crippen LogP) is 15.8. The number of anilines is 2. The zero-order valence-electron chi connectivity index (χ0n) is 82.9. The number of amides is 5. The minimum atomic E-state index is -1.05. The second-order valence-electron chi connectivity index (χ2n) is 33.3. The average Bonchev–Trinajstić information content (AvgIpc) is 0.809. The number of nitrogens with one attached hydrogen (secondary N) is 3. The highest BCUT2D eigenvalue weighted by Crippen LogP contribution is 2.31. The third kappa shape index (κ3) is 35.8. The molecule has 3 atom stereocenters. The van der Waals surface area contributed by atoms with Crippen LogP contribution < -0.4 is 46.5 Å². The van der Waals surface area contributed by atoms with Crippen molar-refractivity contribution in [3.8, 4) is 12.2 Å². The molecule has 12 aromatic rings. The number of halogens is 6. The van der Waals surface area contributed by atoms with Gasteiger partial charge in [-0.25, -0.2) is 47.9 Å². The Bertz CT molecular complexity index is 6930. The van der Waals surface area contributed by atoms with E-state index >= 15 is 0 Å². The van der Waals surface area contributed by atoms with Crippen LogP contribution in [0.2, 0.25) is 30.1 Å². The van der Waals surface area contributed by atoms with E-state index in [2.05, 4.69) is 40.4 Å². The summed E-state index contributed by atoms with van der Waals surface area (Å²) >= 11 is 36.3. The third-order valence-corrected chi connectivity index (χ3v) is 22.8. The van der Waals surface area contributed by atoms with E-state index in [0.717, 1.165) is 40.0 Å². The smallest absolute Gasteiger partial charge is 0.397 e. The number of hydrogen-bond acceptors (Lipinski definition) is 31. The van der Waals surface area contributed by atoms with Crippen molar-refractivity contribution >= 4 is 199 Å². The molecule has 786 valence electrons. The lowest BCUT2D eigenvalue weighted by molar-refractivity contribution is -0.150. The molecule has 2 aliphatic heterocycles. The van der Waals surface area contributed by atoms with Crippen LogP contribution in [0.25, 0.3) is 21.8 Å². The number of esters is 7. The second kappa shape index (κ2) is 57.8. The number of isocyanates is 1. The lowest BCUT2D eigenvalue weighted by Gasteiger charge is -2.20. The summed E-state index contributed by atoms with van der Waals surface area (Å²) in [5.41, 5.74) is 8.90. The number of cyclic esters (lactones) is 4. The summed E-state index contributed by atoms with van der Waals surface area (Å²) in [6.45, 7) is 12.0. The molecule has 150 heavy (non-hydrogen) atoms. The summed E-state index contributed by atoms with van der Waals surface area (Å²) in [4.78, 5) is 215. The van der Waals surface area contributed by atoms with E-state index in [1.165, 1.54) is 83.7 Å². The van der Waals surface area contributed by atoms with Crippen LogP contribution in [0, 0.1) is 0 Å². The molecule has 0 radical (unpaired) electrons. The van der Waals surface area contributed by atoms with Crippen molar-refractivity contribution in [1.29, 1.82) is 0 Å². The molecule has 0 fully saturated rings. The van der Waals surface area contributed by atoms with E-state index in [9.17, 15) is 81.5 Å². The number of methoxy groups -OCH3 is 1. The van der Waals surface area contributed by atoms with E-state index in [1.54, 1.807) is 177 Å². The van der Waals surface area contributed by atoms with E-state index in [1.807, 2.05) is 56.2 Å². The van der Waals surface area contributed by atoms with Crippen molar-refractivity contribution in [1.82, 2.24) is 35.7 Å². The highest BCUT2D eigenvalue weighted by atomic mass is 35.5. The van der Waals surface area contributed by atoms with Gasteiger partial charge in [0.15, 0.2) is 0 Å². The van der Waals surface area contributed by atoms with Gasteiger partial charge in [-0.3, -0.25) is 33.6 Å². The maximum atomic E-state index is 12.7. The number of carboxylic acid groups (broad SMARTS) is 2. The molecular weight excluding hydrogens is 2070 g/mol. The van der Waals surface area contributed by atoms with Gasteiger partial charge >= 0.3 is 77.1 Å². The van der Waals surface area contributed by atoms with Gasteiger partial charge in [0.25, 0.3) is 17.7 Å². The molecule has 0 unspecified atom stereocenters. The van der Waals surface area contributed by atoms with E-state index < -0.39 is 101 Å². The van der Waals surface area contributed by atoms with Crippen molar-refractivity contribution < 1.29 is 124 Å². The number of hydrogen-bond donors (Lipinski definition) is 5. The first-order chi connectivity index (χ1) is 71.2. The van der Waals surface area contributed by atoms with Crippen LogP contribution in [0.3, 0.4) is 0 Å². The van der Waals surface area contributed by atoms with Gasteiger partial charge in [0.1, 0.15) is 18.1 Å². The molecule has 0 spiro atoms. The van der Waals surface area contributed by atoms with Gasteiger partial charge in [0, 0.05) is 86.0 Å². The third-order valence-electron chi connectivity index (χ3n) is 20.9. The van der Waals surface area contributed by atoms with Gasteiger partial charge in [-0.1, -0.05) is 148 Å². The molecule has 0 saturated carbocycles. The summed E-state index contributed by atoms with van der Waals surface area (Å²) in [5.74, 6) is -7.93. The minimum absolute atomic E-state index is 0.0163. The molecule has 44 heteroatoms. The summed E-state index contributed by atoms with van der Waals surface area (Å²) in [6, 6.07) is 50.8. The van der Waals surface area contributed by atoms with Crippen LogP contribution >= 0.6 is 69.6 Å². The molecule has 0 bridgehead atoms. The summed E-state index contributed by atoms with van der Waals surface area (Å²) in [5, 5.41) is 27.5. The summed E-state index contributed by atoms with van der Waals surface area (Å²) in [7, 11) is 12.1. The first-order valence-corrected chi connectivity index (χ1v) is 47.6. The van der Waals surface area contributed by atoms with Gasteiger partial charge in [-0.2, -0.15) is 15.0 Å². The van der Waals surface area contributed by atoms with E-state index in [-0.39, 0.29) is 114 Å². The number of aromatic nitrogens is 2. The second-order valence-corrected chi connectivity index (χ2v) is 35.8. The van der Waals surface area contributed by atoms with Gasteiger partial charge in [0.2, 0.25) is 18.9 Å². The number of ether oxygens (including phenoxy) is 7. The SMILES string of the molecule is CC(C)OC(=O)[C@H](Cc1ccc(C(=O)O)cc1)NC(=O)c1c(Cl)cccc1Cl.CC(C)OC(=O)[C@H](Cc1ccc(N=C=O)cc1)NC(=O)c1c(Cl)cccc1Cl.CCOc1nc2ccc(CN(C)C=O)cc2c(=O)o1.CCOc1nc2ccc(N(C)C)cc2c(=O)o1.CN(C)c1ccc2c(c1)C(=O)OC(=O)C2.CN(C=O)Cc1ccc2c(c1)C(=O)OC(=O)C2.COC(=O)[C@H](Cc1ccc(C(=O)O)cc1)NC(=O)c1c(Cl)cccc1Cl. The zero-order chi connectivity index (χ0) is 110. The number of nitrogens with zero attached hydrogens (tertiary/aromatic N) is 7. The average molecular weight is 2180 g/mol. The van der Waals surface area contributed by atoms with Crippen LogP contribution in [0.4, 0.5) is 17.1 Å². The minimum Gasteiger partial charge on any atom is -0.478 e. The van der Waals surface area contributed by atoms with Crippen molar-refractivity contribution in [2.45, 2.75) is 117 Å². The van der Waals surface area contributed by atoms with Gasteiger partial charge in [0.05, 0.1) is 142 Å². The fourth-order valence-electron chi connectivity index (χ4n) is 13.7. The van der Waals surface area contributed by atoms with Gasteiger partial charge in [-0.05, 0) is 202 Å². The number of aromatic carboxylic acids is 2. The van der Waals surface area contributed by atoms with Crippen molar-refractivity contribution in [2.75, 3.05) is 72.4 Å². The Morgan fingerprint density at radius 3 is 1.12 bits per heavy atom. The number of rotatable bonds is 32. The van der Waals surface area contributed by atoms with Crippen molar-refractivity contribution in [3.63, 3.8) is 0 Å². The number of benzene rings is 10. The molecule has 0 saturated heterocycles. The number of carbonyl (C=O) groups excluding carboxylic acids is 13. The predicted molar refractivity (Wildman–Crippen MR) is 558 cm³/mol. The molecule has 38 nitrogen and oxygen atoms in total. The topological polar surface area (TPSA) is 509 Å². The highest BCUT2D eigenvalue weighted by Gasteiger charge is 2.32. The Labute approximate surface area is 888 Å². The van der Waals surface area contributed by atoms with E-state index in [4.69, 9.17) is 112 Å². The first-order valence-electron chi connectivity index (χ1n) is 45.4. The van der Waals surface area contributed by atoms with Gasteiger partial charge < -0.3 is 87.8 Å². The molecule has 2 aromatic heterocycles. The Hall–Kier alpha value is -16.2. The van der Waals surface area contributed by atoms with Crippen LogP contribution in [-0.2, 0) is 107 Å². The maximum absolute atomic E-state index is 12.7. The van der Waals surface area contributed by atoms with Crippen molar-refractivity contribution in [3.05, 3.63) is 329 Å². The van der Waals surface area contributed by atoms with Gasteiger partial charge in [-0.15, -0.1) is 0 Å². The normalized spacial score (nSPS) is 11.9. The standard InChI is InChI=1S/C20H18Cl2N2O4.C20H19Cl2NO5.C18H15Cl2NO5.C13H14N2O4.C12H14N2O3.C12H11NO4.C11H11NO3/c1-12(2)28-20(27)17(10-13-6-8-14(9-7-13)23-11-25)24-19(26)18-15(21)4-3-5-16(18)22;1-11(2)28-20(27)16(10-12-6-8-13(9-7-12)19(25)26)23-18(24)17-14(21)4-3-5-15(17)22;1-26-18(25)14(9-10-5-7-11(8-6-10)17(23)24)21-16(22)15-12(19)3-2-4-13(15)20;1-3-18-13-14-11-5-4-9(7-15(2)8-16)6-10(11)12(17)19-13;1-4-16-12-13-10-6-5-8(14(2)3)7-9(10)11(15)17-12;1-13(7-14)6-8-2-3-9-5-11(15)17-12(16)10(9)4-8;1-12(2)8-4-3-7-5-10(13)15-11(14)9(7)6-8/h3-9,12,17H,10H2,1-2H3,(H,24,26);3-9,11,16H,10H2,1-2H3,(H,23,24)(H,25,26);2-8,14H,9H2,1H3,(H,21,22)(H,23,24);4-6,8H,3,7H2,1-2H3;5-7H,4H2,1-3H3;2-4,7H,5-6H2,1H3;3-4,6H,5H2,1-2H3/t17-;16-;14-;;;;/m000..../s1. The Morgan fingerprint density at radius 2 is 0.767 bits per heavy atom. The van der Waals surface area contributed by atoms with Crippen LogP contribution in [0.5, 0.6) is 12.2 Å². The number of fused-ring (bicyclic) bond motifs is 4. The fourth-order valence-corrected chi connectivity index (χ4v) is 15.4. The lowest BCUT2D eigenvalue weighted by Crippen LogP contribution is -2.44. The fraction of sp³-hybridized carbons (Fsp3) is 0.255. The largest absolute Gasteiger partial charge is 0.478 e. The van der Waals surface area contributed by atoms with E-state index in [0.29, 0.717) is 88.0 Å². The quantitative estimate of drug-likeness (QED) is 0.00653. The summed E-state index contributed by atoms with van der Waals surface area (Å²) in [6.07, 6.45) is 2.85. The highest BCUT2D eigenvalue weighted by molar-refractivity contribution is 6.41. The first kappa shape index (κ1) is 119. The Balaban J connectivity index is 0.000000215. The summed E-state index contributed by atoms with van der Waals surface area (Å²) < 4.78 is 44.4. The van der Waals surface area contributed by atoms with Crippen LogP contribution in [0.1, 0.15) is 153 Å². The molecule has 2 aliphatic rings. The molecule has 4 heterocycles. The molecule has 10 aromatic carbocycles. The lowest BCUT2D eigenvalue weighted by atomic mass is 9.99. The molecule has 5 N–H and O–H groups in total. The molecule has 14 rings (SSSR count). The number of aliphatic imine (C=N–C) groups is 1. The van der Waals surface area contributed by atoms with Crippen LogP contribution in [0.15, 0.2) is 224 Å². The number of carboxylic acids is 2. The molecule has 5 amide bonds. The molecular formula is C106H102Cl6N10O28. The monoisotopic (exact) mass is 2170 g/mol. The maximum Gasteiger partial charge on any atom is 0.397 e. The molecule has 0 aliphatic carbocycles. The zero-order valence-corrected chi connectivity index (χ0v) is 87.4. The van der Waals surface area contributed by atoms with Crippen LogP contribution in [-0.4, -0.2) is 213 Å².